The molecule has 224 valence electrons. The Hall–Kier alpha value is -3.04. The van der Waals surface area contributed by atoms with Crippen LogP contribution in [-0.4, -0.2) is 57.6 Å². The number of nitrogens with one attached hydrogen (secondary N) is 1. The number of likely N-dealkylation sites (tertiary alicyclic amines) is 1. The lowest BCUT2D eigenvalue weighted by molar-refractivity contribution is -0.113. The molecule has 3 aromatic carbocycles. The van der Waals surface area contributed by atoms with Gasteiger partial charge in [-0.3, -0.25) is 14.3 Å². The van der Waals surface area contributed by atoms with Crippen LogP contribution < -0.4 is 10.1 Å². The first-order valence-electron chi connectivity index (χ1n) is 14.8. The molecule has 0 spiro atoms. The van der Waals surface area contributed by atoms with Crippen LogP contribution in [0.4, 0.5) is 5.69 Å². The second-order valence-corrected chi connectivity index (χ2v) is 12.9. The number of hydrogen-bond donors (Lipinski definition) is 1. The van der Waals surface area contributed by atoms with Crippen molar-refractivity contribution in [1.82, 2.24) is 19.7 Å². The summed E-state index contributed by atoms with van der Waals surface area (Å²) in [6.07, 6.45) is 6.34. The minimum Gasteiger partial charge on any atom is -0.492 e. The van der Waals surface area contributed by atoms with Gasteiger partial charge in [-0.05, 0) is 105 Å². The van der Waals surface area contributed by atoms with E-state index in [1.54, 1.807) is 0 Å². The molecule has 7 nitrogen and oxygen atoms in total. The smallest absolute Gasteiger partial charge is 0.234 e. The number of ether oxygens (including phenoxy) is 1. The predicted molar refractivity (Wildman–Crippen MR) is 175 cm³/mol. The lowest BCUT2D eigenvalue weighted by atomic mass is 10.1. The summed E-state index contributed by atoms with van der Waals surface area (Å²) in [6, 6.07) is 19.8. The number of carbonyl (C=O) groups excluding carboxylic acids is 1. The molecule has 2 heterocycles. The van der Waals surface area contributed by atoms with Gasteiger partial charge in [-0.15, -0.1) is 10.2 Å². The highest BCUT2D eigenvalue weighted by atomic mass is 35.5. The van der Waals surface area contributed by atoms with Crippen LogP contribution in [0.1, 0.15) is 49.4 Å². The van der Waals surface area contributed by atoms with E-state index in [-0.39, 0.29) is 11.7 Å². The van der Waals surface area contributed by atoms with Gasteiger partial charge >= 0.3 is 0 Å². The predicted octanol–water partition coefficient (Wildman–Crippen LogP) is 8.02. The SMILES string of the molecule is Cc1nnc(SCC(=O)Nc2ccc(-c3ccc(OCCN4CCCCC4)cc3)cc2Cl)n1-c1ccc(C2CC2)cc1Cl. The minimum absolute atomic E-state index is 0.146. The molecule has 0 atom stereocenters. The second-order valence-electron chi connectivity index (χ2n) is 11.2. The van der Waals surface area contributed by atoms with Crippen molar-refractivity contribution in [3.63, 3.8) is 0 Å². The summed E-state index contributed by atoms with van der Waals surface area (Å²) in [6.45, 7) is 5.87. The van der Waals surface area contributed by atoms with E-state index in [1.807, 2.05) is 66.1 Å². The van der Waals surface area contributed by atoms with E-state index in [0.717, 1.165) is 29.1 Å². The number of halogens is 2. The fourth-order valence-electron chi connectivity index (χ4n) is 5.42. The number of nitrogens with zero attached hydrogens (tertiary/aromatic N) is 4. The molecular weight excluding hydrogens is 601 g/mol. The van der Waals surface area contributed by atoms with Crippen molar-refractivity contribution in [1.29, 1.82) is 0 Å². The van der Waals surface area contributed by atoms with Crippen molar-refractivity contribution in [3.8, 4) is 22.6 Å². The number of hydrogen-bond acceptors (Lipinski definition) is 6. The van der Waals surface area contributed by atoms with Gasteiger partial charge in [0.25, 0.3) is 0 Å². The highest BCUT2D eigenvalue weighted by Crippen LogP contribution is 2.42. The zero-order valence-electron chi connectivity index (χ0n) is 24.2. The normalized spacial score (nSPS) is 15.4. The molecule has 1 saturated carbocycles. The third kappa shape index (κ3) is 7.55. The average Bonchev–Trinajstić information content (AvgIpc) is 3.81. The number of anilines is 1. The summed E-state index contributed by atoms with van der Waals surface area (Å²) in [5.74, 6) is 2.14. The molecule has 2 fully saturated rings. The molecule has 10 heteroatoms. The van der Waals surface area contributed by atoms with Gasteiger partial charge in [0.05, 0.1) is 27.2 Å². The van der Waals surface area contributed by atoms with Gasteiger partial charge in [0, 0.05) is 6.54 Å². The zero-order valence-corrected chi connectivity index (χ0v) is 26.5. The van der Waals surface area contributed by atoms with Crippen molar-refractivity contribution < 1.29 is 9.53 Å². The average molecular weight is 637 g/mol. The lowest BCUT2D eigenvalue weighted by Gasteiger charge is -2.26. The molecule has 0 radical (unpaired) electrons. The van der Waals surface area contributed by atoms with Crippen LogP contribution in [0, 0.1) is 6.92 Å². The van der Waals surface area contributed by atoms with E-state index in [9.17, 15) is 4.79 Å². The first-order chi connectivity index (χ1) is 20.9. The number of rotatable bonds is 11. The van der Waals surface area contributed by atoms with Crippen molar-refractivity contribution in [2.75, 3.05) is 37.3 Å². The van der Waals surface area contributed by atoms with Gasteiger partial charge in [-0.1, -0.05) is 65.7 Å². The fraction of sp³-hybridized carbons (Fsp3) is 0.364. The van der Waals surface area contributed by atoms with Crippen LogP contribution in [0.5, 0.6) is 5.75 Å². The van der Waals surface area contributed by atoms with E-state index in [4.69, 9.17) is 27.9 Å². The Morgan fingerprint density at radius 1 is 0.953 bits per heavy atom. The van der Waals surface area contributed by atoms with Gasteiger partial charge in [0.15, 0.2) is 5.16 Å². The molecule has 1 N–H and O–H groups in total. The third-order valence-corrected chi connectivity index (χ3v) is 9.49. The molecule has 43 heavy (non-hydrogen) atoms. The Bertz CT molecular complexity index is 1580. The Balaban J connectivity index is 1.03. The first kappa shape index (κ1) is 30.0. The van der Waals surface area contributed by atoms with E-state index in [2.05, 4.69) is 26.5 Å². The summed E-state index contributed by atoms with van der Waals surface area (Å²) in [5, 5.41) is 13.2. The molecule has 1 aliphatic carbocycles. The Morgan fingerprint density at radius 3 is 2.44 bits per heavy atom. The number of piperidine rings is 1. The molecular formula is C33H35Cl2N5O2S. The van der Waals surface area contributed by atoms with Crippen LogP contribution >= 0.6 is 35.0 Å². The van der Waals surface area contributed by atoms with Crippen molar-refractivity contribution >= 4 is 46.6 Å². The molecule has 1 saturated heterocycles. The lowest BCUT2D eigenvalue weighted by Crippen LogP contribution is -2.33. The largest absolute Gasteiger partial charge is 0.492 e. The quantitative estimate of drug-likeness (QED) is 0.168. The van der Waals surface area contributed by atoms with Gasteiger partial charge in [0.1, 0.15) is 18.2 Å². The van der Waals surface area contributed by atoms with E-state index in [1.165, 1.54) is 62.5 Å². The zero-order chi connectivity index (χ0) is 29.8. The first-order valence-corrected chi connectivity index (χ1v) is 16.6. The Kier molecular flexibility index (Phi) is 9.58. The summed E-state index contributed by atoms with van der Waals surface area (Å²) < 4.78 is 7.86. The molecule has 1 amide bonds. The Morgan fingerprint density at radius 2 is 1.72 bits per heavy atom. The van der Waals surface area contributed by atoms with Gasteiger partial charge in [-0.25, -0.2) is 0 Å². The maximum atomic E-state index is 12.9. The number of thioether (sulfide) groups is 1. The molecule has 1 aliphatic heterocycles. The van der Waals surface area contributed by atoms with Crippen molar-refractivity contribution in [2.24, 2.45) is 0 Å². The number of amides is 1. The van der Waals surface area contributed by atoms with E-state index in [0.29, 0.717) is 39.2 Å². The number of benzene rings is 3. The molecule has 4 aromatic rings. The third-order valence-electron chi connectivity index (χ3n) is 7.94. The number of aryl methyl sites for hydroxylation is 1. The van der Waals surface area contributed by atoms with Gasteiger partial charge in [-0.2, -0.15) is 0 Å². The number of carbonyl (C=O) groups is 1. The highest BCUT2D eigenvalue weighted by Gasteiger charge is 2.25. The molecule has 0 unspecified atom stereocenters. The monoisotopic (exact) mass is 635 g/mol. The molecule has 1 aromatic heterocycles. The second kappa shape index (κ2) is 13.7. The minimum atomic E-state index is -0.187. The van der Waals surface area contributed by atoms with Crippen molar-refractivity contribution in [3.05, 3.63) is 82.1 Å². The standard InChI is InChI=1S/C33H35Cl2N5O2S/c1-22-37-38-33(40(22)31-14-10-26(20-29(31)35)23-5-6-23)43-21-32(41)36-30-13-9-25(19-28(30)34)24-7-11-27(12-8-24)42-18-17-39-15-3-2-4-16-39/h7-14,19-20,23H,2-6,15-18,21H2,1H3,(H,36,41). The topological polar surface area (TPSA) is 72.3 Å². The van der Waals surface area contributed by atoms with Crippen LogP contribution in [0.3, 0.4) is 0 Å². The van der Waals surface area contributed by atoms with Gasteiger partial charge < -0.3 is 10.1 Å². The number of aromatic nitrogens is 3. The summed E-state index contributed by atoms with van der Waals surface area (Å²) in [4.78, 5) is 15.3. The van der Waals surface area contributed by atoms with Crippen LogP contribution in [-0.2, 0) is 4.79 Å². The fourth-order valence-corrected chi connectivity index (χ4v) is 6.71. The highest BCUT2D eigenvalue weighted by molar-refractivity contribution is 7.99. The van der Waals surface area contributed by atoms with Crippen LogP contribution in [0.25, 0.3) is 16.8 Å². The van der Waals surface area contributed by atoms with Crippen molar-refractivity contribution in [2.45, 2.75) is 50.1 Å². The Labute approximate surface area is 266 Å². The van der Waals surface area contributed by atoms with E-state index < -0.39 is 0 Å². The molecule has 0 bridgehead atoms. The van der Waals surface area contributed by atoms with Crippen LogP contribution in [0.15, 0.2) is 65.8 Å². The van der Waals surface area contributed by atoms with E-state index >= 15 is 0 Å². The molecule has 6 rings (SSSR count). The van der Waals surface area contributed by atoms with Crippen LogP contribution in [0.2, 0.25) is 10.0 Å². The molecule has 2 aliphatic rings. The summed E-state index contributed by atoms with van der Waals surface area (Å²) in [7, 11) is 0. The maximum Gasteiger partial charge on any atom is 0.234 e. The summed E-state index contributed by atoms with van der Waals surface area (Å²) >= 11 is 14.5. The van der Waals surface area contributed by atoms with Gasteiger partial charge in [0.2, 0.25) is 5.91 Å². The maximum absolute atomic E-state index is 12.9. The summed E-state index contributed by atoms with van der Waals surface area (Å²) in [5.41, 5.74) is 4.63.